The Bertz CT molecular complexity index is 568. The third kappa shape index (κ3) is 2.60. The van der Waals surface area contributed by atoms with Gasteiger partial charge < -0.3 is 10.1 Å². The molecule has 1 unspecified atom stereocenters. The molecule has 0 radical (unpaired) electrons. The first-order chi connectivity index (χ1) is 9.90. The highest BCUT2D eigenvalue weighted by Crippen LogP contribution is 2.33. The van der Waals surface area contributed by atoms with Crippen LogP contribution in [0.3, 0.4) is 0 Å². The molecule has 104 valence electrons. The zero-order valence-electron chi connectivity index (χ0n) is 11.8. The summed E-state index contributed by atoms with van der Waals surface area (Å²) in [6.07, 6.45) is 6.02. The molecule has 0 fully saturated rings. The molecule has 1 aliphatic rings. The fraction of sp³-hybridized carbons (Fsp3) is 0.353. The summed E-state index contributed by atoms with van der Waals surface area (Å²) < 4.78 is 5.99. The highest BCUT2D eigenvalue weighted by atomic mass is 16.5. The molecule has 1 aliphatic heterocycles. The van der Waals surface area contributed by atoms with Crippen molar-refractivity contribution in [2.45, 2.75) is 18.9 Å². The van der Waals surface area contributed by atoms with Crippen LogP contribution in [0, 0.1) is 0 Å². The van der Waals surface area contributed by atoms with Crippen molar-refractivity contribution >= 4 is 0 Å². The number of nitrogens with one attached hydrogen (secondary N) is 1. The second-order valence-corrected chi connectivity index (χ2v) is 5.13. The predicted molar refractivity (Wildman–Crippen MR) is 80.6 cm³/mol. The lowest BCUT2D eigenvalue weighted by molar-refractivity contribution is 0.0579. The zero-order valence-corrected chi connectivity index (χ0v) is 11.8. The van der Waals surface area contributed by atoms with Crippen LogP contribution in [0.1, 0.15) is 23.7 Å². The van der Waals surface area contributed by atoms with Gasteiger partial charge in [0.05, 0.1) is 6.10 Å². The number of likely N-dealkylation sites (N-methyl/N-ethyl adjacent to an activating group) is 1. The van der Waals surface area contributed by atoms with Crippen LogP contribution in [0.15, 0.2) is 42.7 Å². The van der Waals surface area contributed by atoms with Gasteiger partial charge in [0.2, 0.25) is 0 Å². The zero-order chi connectivity index (χ0) is 13.8. The van der Waals surface area contributed by atoms with Crippen LogP contribution in [0.2, 0.25) is 0 Å². The Morgan fingerprint density at radius 2 is 2.10 bits per heavy atom. The van der Waals surface area contributed by atoms with Gasteiger partial charge in [0, 0.05) is 25.5 Å². The molecule has 0 amide bonds. The van der Waals surface area contributed by atoms with Crippen molar-refractivity contribution in [2.75, 3.05) is 20.2 Å². The first-order valence-electron chi connectivity index (χ1n) is 7.18. The van der Waals surface area contributed by atoms with E-state index in [1.165, 1.54) is 22.3 Å². The third-order valence-electron chi connectivity index (χ3n) is 3.83. The molecule has 2 heterocycles. The number of pyridine rings is 1. The molecule has 3 rings (SSSR count). The molecule has 20 heavy (non-hydrogen) atoms. The number of aromatic nitrogens is 1. The van der Waals surface area contributed by atoms with Crippen LogP contribution in [-0.2, 0) is 11.2 Å². The molecular weight excluding hydrogens is 248 g/mol. The van der Waals surface area contributed by atoms with E-state index in [4.69, 9.17) is 4.74 Å². The molecule has 1 N–H and O–H groups in total. The first kappa shape index (κ1) is 13.3. The Balaban J connectivity index is 2.08. The molecule has 0 saturated carbocycles. The Kier molecular flexibility index (Phi) is 4.09. The maximum Gasteiger partial charge on any atom is 0.0951 e. The monoisotopic (exact) mass is 268 g/mol. The lowest BCUT2D eigenvalue weighted by Gasteiger charge is -2.19. The van der Waals surface area contributed by atoms with Gasteiger partial charge in [-0.1, -0.05) is 18.2 Å². The van der Waals surface area contributed by atoms with E-state index in [0.717, 1.165) is 26.0 Å². The minimum absolute atomic E-state index is 0.152. The van der Waals surface area contributed by atoms with Gasteiger partial charge in [-0.2, -0.15) is 0 Å². The van der Waals surface area contributed by atoms with Gasteiger partial charge in [0.15, 0.2) is 0 Å². The van der Waals surface area contributed by atoms with Crippen molar-refractivity contribution in [3.05, 3.63) is 53.9 Å². The number of nitrogens with zero attached hydrogens (tertiary/aromatic N) is 1. The van der Waals surface area contributed by atoms with E-state index in [9.17, 15) is 0 Å². The number of hydrogen-bond donors (Lipinski definition) is 1. The summed E-state index contributed by atoms with van der Waals surface area (Å²) in [5.41, 5.74) is 5.31. The smallest absolute Gasteiger partial charge is 0.0951 e. The topological polar surface area (TPSA) is 34.1 Å². The van der Waals surface area contributed by atoms with Crippen molar-refractivity contribution in [1.82, 2.24) is 10.3 Å². The quantitative estimate of drug-likeness (QED) is 0.929. The maximum absolute atomic E-state index is 5.99. The van der Waals surface area contributed by atoms with E-state index in [0.29, 0.717) is 0 Å². The normalized spacial score (nSPS) is 18.4. The van der Waals surface area contributed by atoms with Crippen LogP contribution in [0.5, 0.6) is 0 Å². The summed E-state index contributed by atoms with van der Waals surface area (Å²) >= 11 is 0. The minimum atomic E-state index is 0.152. The molecular formula is C17H20N2O. The average molecular weight is 268 g/mol. The van der Waals surface area contributed by atoms with Crippen molar-refractivity contribution in [2.24, 2.45) is 0 Å². The highest BCUT2D eigenvalue weighted by molar-refractivity contribution is 5.68. The number of benzene rings is 1. The summed E-state index contributed by atoms with van der Waals surface area (Å²) in [6, 6.07) is 10.7. The van der Waals surface area contributed by atoms with E-state index in [1.54, 1.807) is 0 Å². The Hall–Kier alpha value is -1.71. The lowest BCUT2D eigenvalue weighted by atomic mass is 9.91. The van der Waals surface area contributed by atoms with Gasteiger partial charge in [-0.3, -0.25) is 4.98 Å². The molecule has 0 saturated heterocycles. The number of fused-ring (bicyclic) bond motifs is 1. The Morgan fingerprint density at radius 1 is 1.25 bits per heavy atom. The van der Waals surface area contributed by atoms with E-state index >= 15 is 0 Å². The van der Waals surface area contributed by atoms with Crippen LogP contribution in [0.25, 0.3) is 11.1 Å². The molecule has 2 aromatic rings. The van der Waals surface area contributed by atoms with Crippen molar-refractivity contribution in [3.63, 3.8) is 0 Å². The standard InChI is InChI=1S/C17H20N2O/c1-18-12-17-16-5-2-4-14(13-7-9-19-10-8-13)15(16)6-3-11-20-17/h2,4-5,7-10,17-18H,3,6,11-12H2,1H3. The molecule has 3 nitrogen and oxygen atoms in total. The van der Waals surface area contributed by atoms with Gasteiger partial charge in [-0.25, -0.2) is 0 Å². The average Bonchev–Trinajstić information content (AvgIpc) is 2.71. The highest BCUT2D eigenvalue weighted by Gasteiger charge is 2.21. The van der Waals surface area contributed by atoms with Crippen molar-refractivity contribution in [1.29, 1.82) is 0 Å². The minimum Gasteiger partial charge on any atom is -0.372 e. The summed E-state index contributed by atoms with van der Waals surface area (Å²) in [7, 11) is 1.97. The summed E-state index contributed by atoms with van der Waals surface area (Å²) in [5.74, 6) is 0. The number of ether oxygens (including phenoxy) is 1. The Morgan fingerprint density at radius 3 is 2.90 bits per heavy atom. The molecule has 0 bridgehead atoms. The largest absolute Gasteiger partial charge is 0.372 e. The summed E-state index contributed by atoms with van der Waals surface area (Å²) in [4.78, 5) is 4.11. The number of hydrogen-bond acceptors (Lipinski definition) is 3. The molecule has 1 aromatic carbocycles. The van der Waals surface area contributed by atoms with E-state index in [1.807, 2.05) is 19.4 Å². The van der Waals surface area contributed by atoms with Crippen molar-refractivity contribution in [3.8, 4) is 11.1 Å². The first-order valence-corrected chi connectivity index (χ1v) is 7.18. The second kappa shape index (κ2) is 6.16. The Labute approximate surface area is 120 Å². The fourth-order valence-electron chi connectivity index (χ4n) is 2.91. The second-order valence-electron chi connectivity index (χ2n) is 5.13. The molecule has 0 spiro atoms. The van der Waals surface area contributed by atoms with Crippen LogP contribution in [-0.4, -0.2) is 25.2 Å². The van der Waals surface area contributed by atoms with Crippen LogP contribution >= 0.6 is 0 Å². The van der Waals surface area contributed by atoms with Gasteiger partial charge in [-0.15, -0.1) is 0 Å². The van der Waals surface area contributed by atoms with Gasteiger partial charge >= 0.3 is 0 Å². The molecule has 3 heteroatoms. The van der Waals surface area contributed by atoms with Gasteiger partial charge in [0.25, 0.3) is 0 Å². The summed E-state index contributed by atoms with van der Waals surface area (Å²) in [6.45, 7) is 1.68. The van der Waals surface area contributed by atoms with E-state index < -0.39 is 0 Å². The molecule has 0 aliphatic carbocycles. The van der Waals surface area contributed by atoms with E-state index in [-0.39, 0.29) is 6.10 Å². The number of rotatable bonds is 3. The third-order valence-corrected chi connectivity index (χ3v) is 3.83. The SMILES string of the molecule is CNCC1OCCCc2c(-c3ccncc3)cccc21. The molecule has 1 atom stereocenters. The summed E-state index contributed by atoms with van der Waals surface area (Å²) in [5, 5.41) is 3.23. The van der Waals surface area contributed by atoms with Crippen molar-refractivity contribution < 1.29 is 4.74 Å². The van der Waals surface area contributed by atoms with E-state index in [2.05, 4.69) is 40.6 Å². The van der Waals surface area contributed by atoms with Gasteiger partial charge in [0.1, 0.15) is 0 Å². The lowest BCUT2D eigenvalue weighted by Crippen LogP contribution is -2.20. The van der Waals surface area contributed by atoms with Crippen LogP contribution < -0.4 is 5.32 Å². The predicted octanol–water partition coefficient (Wildman–Crippen LogP) is 2.97. The maximum atomic E-state index is 5.99. The molecule has 1 aromatic heterocycles. The fourth-order valence-corrected chi connectivity index (χ4v) is 2.91. The van der Waals surface area contributed by atoms with Crippen LogP contribution in [0.4, 0.5) is 0 Å². The van der Waals surface area contributed by atoms with Gasteiger partial charge in [-0.05, 0) is 54.3 Å².